The Hall–Kier alpha value is -2.38. The summed E-state index contributed by atoms with van der Waals surface area (Å²) in [7, 11) is 1.40. The Morgan fingerprint density at radius 3 is 2.83 bits per heavy atom. The molecule has 4 fully saturated rings. The van der Waals surface area contributed by atoms with Crippen LogP contribution in [0.5, 0.6) is 0 Å². The molecule has 7 heteroatoms. The minimum Gasteiger partial charge on any atom is -0.468 e. The van der Waals surface area contributed by atoms with Gasteiger partial charge in [-0.15, -0.1) is 0 Å². The summed E-state index contributed by atoms with van der Waals surface area (Å²) in [4.78, 5) is 28.0. The highest BCUT2D eigenvalue weighted by Gasteiger charge is 2.83. The van der Waals surface area contributed by atoms with E-state index in [4.69, 9.17) is 9.47 Å². The first-order valence-electron chi connectivity index (χ1n) is 10.6. The lowest BCUT2D eigenvalue weighted by Crippen LogP contribution is -2.75. The number of ether oxygens (including phenoxy) is 2. The summed E-state index contributed by atoms with van der Waals surface area (Å²) in [5, 5.41) is 15.2. The number of carbonyl (C=O) groups excluding carboxylic acids is 2. The fraction of sp³-hybridized carbons (Fsp3) is 0.565. The molecule has 160 valence electrons. The first kappa shape index (κ1) is 19.6. The lowest BCUT2D eigenvalue weighted by molar-refractivity contribution is -0.189. The first-order valence-corrected chi connectivity index (χ1v) is 10.6. The van der Waals surface area contributed by atoms with Crippen LogP contribution in [0.25, 0.3) is 0 Å². The molecule has 3 saturated heterocycles. The number of allylic oxidation sites excluding steroid dienone is 1. The van der Waals surface area contributed by atoms with Gasteiger partial charge in [-0.2, -0.15) is 0 Å². The van der Waals surface area contributed by atoms with Crippen LogP contribution in [-0.2, 0) is 24.5 Å². The normalized spacial score (nSPS) is 41.6. The van der Waals surface area contributed by atoms with Gasteiger partial charge in [0.15, 0.2) is 0 Å². The van der Waals surface area contributed by atoms with E-state index in [1.165, 1.54) is 14.0 Å². The van der Waals surface area contributed by atoms with Crippen LogP contribution in [0.4, 0.5) is 5.69 Å². The van der Waals surface area contributed by atoms with Crippen molar-refractivity contribution in [3.05, 3.63) is 41.5 Å². The molecule has 0 amide bonds. The average Bonchev–Trinajstić information content (AvgIpc) is 3.17. The van der Waals surface area contributed by atoms with Crippen LogP contribution in [0, 0.1) is 11.3 Å². The number of nitrogens with one attached hydrogen (secondary N) is 1. The Balaban J connectivity index is 1.89. The summed E-state index contributed by atoms with van der Waals surface area (Å²) in [6.07, 6.45) is 2.42. The van der Waals surface area contributed by atoms with E-state index in [2.05, 4.69) is 10.2 Å². The van der Waals surface area contributed by atoms with E-state index in [0.29, 0.717) is 19.4 Å². The molecule has 4 heterocycles. The molecule has 6 atom stereocenters. The van der Waals surface area contributed by atoms with Gasteiger partial charge in [0.25, 0.3) is 0 Å². The maximum absolute atomic E-state index is 13.8. The summed E-state index contributed by atoms with van der Waals surface area (Å²) >= 11 is 0. The maximum atomic E-state index is 13.8. The highest BCUT2D eigenvalue weighted by molar-refractivity contribution is 5.86. The molecular formula is C23H28N2O5. The summed E-state index contributed by atoms with van der Waals surface area (Å²) in [5.41, 5.74) is 0.210. The Kier molecular flexibility index (Phi) is 4.12. The molecule has 1 saturated carbocycles. The smallest absolute Gasteiger partial charge is 0.316 e. The SMILES string of the molecule is CC=C1CN2CC[C@@]34c5ccccc5N[C@@]23[C@H](O)C[C@@H]1[C@@]4(COC(C)=O)C(=O)OC. The Bertz CT molecular complexity index is 961. The van der Waals surface area contributed by atoms with Gasteiger partial charge in [0.05, 0.1) is 18.6 Å². The molecule has 1 aliphatic carbocycles. The molecule has 4 bridgehead atoms. The molecule has 1 aromatic rings. The van der Waals surface area contributed by atoms with Crippen LogP contribution >= 0.6 is 0 Å². The van der Waals surface area contributed by atoms with Gasteiger partial charge in [0.1, 0.15) is 17.7 Å². The number of hydrogen-bond acceptors (Lipinski definition) is 7. The fourth-order valence-corrected chi connectivity index (χ4v) is 7.20. The number of aliphatic hydroxyl groups excluding tert-OH is 1. The molecule has 1 unspecified atom stereocenters. The largest absolute Gasteiger partial charge is 0.468 e. The number of carbonyl (C=O) groups is 2. The summed E-state index contributed by atoms with van der Waals surface area (Å²) in [6, 6.07) is 7.95. The van der Waals surface area contributed by atoms with Crippen LogP contribution in [0.1, 0.15) is 32.3 Å². The number of benzene rings is 1. The zero-order chi connectivity index (χ0) is 21.3. The lowest BCUT2D eigenvalue weighted by Gasteiger charge is -2.59. The second kappa shape index (κ2) is 6.31. The average molecular weight is 412 g/mol. The molecule has 1 aromatic carbocycles. The van der Waals surface area contributed by atoms with Gasteiger partial charge >= 0.3 is 11.9 Å². The number of fused-ring (bicyclic) bond motifs is 3. The molecule has 2 N–H and O–H groups in total. The van der Waals surface area contributed by atoms with Gasteiger partial charge < -0.3 is 19.9 Å². The van der Waals surface area contributed by atoms with Crippen molar-refractivity contribution < 1.29 is 24.2 Å². The van der Waals surface area contributed by atoms with E-state index >= 15 is 0 Å². The molecule has 30 heavy (non-hydrogen) atoms. The Morgan fingerprint density at radius 2 is 2.13 bits per heavy atom. The van der Waals surface area contributed by atoms with Crippen molar-refractivity contribution in [3.8, 4) is 0 Å². The van der Waals surface area contributed by atoms with Crippen LogP contribution < -0.4 is 5.32 Å². The third-order valence-electron chi connectivity index (χ3n) is 8.16. The zero-order valence-electron chi connectivity index (χ0n) is 17.6. The Labute approximate surface area is 176 Å². The van der Waals surface area contributed by atoms with Gasteiger partial charge in [-0.3, -0.25) is 14.5 Å². The van der Waals surface area contributed by atoms with Gasteiger partial charge in [0, 0.05) is 31.6 Å². The number of para-hydroxylation sites is 1. The zero-order valence-corrected chi connectivity index (χ0v) is 17.6. The molecule has 0 aromatic heterocycles. The van der Waals surface area contributed by atoms with Crippen molar-refractivity contribution >= 4 is 17.6 Å². The minimum absolute atomic E-state index is 0.0741. The highest BCUT2D eigenvalue weighted by Crippen LogP contribution is 2.72. The van der Waals surface area contributed by atoms with Gasteiger partial charge in [-0.25, -0.2) is 0 Å². The number of nitrogens with zero attached hydrogens (tertiary/aromatic N) is 1. The van der Waals surface area contributed by atoms with Crippen molar-refractivity contribution in [1.29, 1.82) is 0 Å². The third-order valence-corrected chi connectivity index (χ3v) is 8.16. The van der Waals surface area contributed by atoms with Crippen LogP contribution in [0.3, 0.4) is 0 Å². The van der Waals surface area contributed by atoms with Crippen LogP contribution in [0.2, 0.25) is 0 Å². The van der Waals surface area contributed by atoms with E-state index in [1.807, 2.05) is 37.3 Å². The molecule has 1 spiro atoms. The van der Waals surface area contributed by atoms with E-state index in [1.54, 1.807) is 0 Å². The number of esters is 2. The number of hydrogen-bond donors (Lipinski definition) is 2. The third kappa shape index (κ3) is 1.93. The minimum atomic E-state index is -1.14. The Morgan fingerprint density at radius 1 is 1.37 bits per heavy atom. The van der Waals surface area contributed by atoms with Crippen molar-refractivity contribution in [2.24, 2.45) is 11.3 Å². The first-order chi connectivity index (χ1) is 14.4. The van der Waals surface area contributed by atoms with E-state index < -0.39 is 28.6 Å². The number of aliphatic hydroxyl groups is 1. The van der Waals surface area contributed by atoms with Crippen molar-refractivity contribution in [2.75, 3.05) is 32.1 Å². The molecule has 7 nitrogen and oxygen atoms in total. The molecule has 4 aliphatic heterocycles. The predicted molar refractivity (Wildman–Crippen MR) is 110 cm³/mol. The number of anilines is 1. The predicted octanol–water partition coefficient (Wildman–Crippen LogP) is 1.82. The second-order valence-electron chi connectivity index (χ2n) is 8.92. The highest BCUT2D eigenvalue weighted by atomic mass is 16.5. The number of methoxy groups -OCH3 is 1. The van der Waals surface area contributed by atoms with Gasteiger partial charge in [-0.05, 0) is 31.4 Å². The van der Waals surface area contributed by atoms with Gasteiger partial charge in [-0.1, -0.05) is 29.8 Å². The van der Waals surface area contributed by atoms with Crippen molar-refractivity contribution in [3.63, 3.8) is 0 Å². The molecule has 0 radical (unpaired) electrons. The lowest BCUT2D eigenvalue weighted by atomic mass is 9.45. The summed E-state index contributed by atoms with van der Waals surface area (Å²) in [5.74, 6) is -1.11. The molecule has 6 rings (SSSR count). The standard InChI is InChI=1S/C23H28N2O5/c1-4-15-12-25-10-9-22-16-7-5-6-8-18(16)24-23(22,25)19(27)11-17(15)21(22,20(28)29-3)13-30-14(2)26/h4-8,17,19,24,27H,9-13H2,1-3H3/t17-,19+,21-,22-,23-/m0/s1. The van der Waals surface area contributed by atoms with E-state index in [-0.39, 0.29) is 18.5 Å². The summed E-state index contributed by atoms with van der Waals surface area (Å²) in [6.45, 7) is 4.63. The van der Waals surface area contributed by atoms with Crippen molar-refractivity contribution in [2.45, 2.75) is 43.9 Å². The second-order valence-corrected chi connectivity index (χ2v) is 8.92. The fourth-order valence-electron chi connectivity index (χ4n) is 7.20. The quantitative estimate of drug-likeness (QED) is 0.578. The van der Waals surface area contributed by atoms with E-state index in [0.717, 1.165) is 23.4 Å². The van der Waals surface area contributed by atoms with Crippen molar-refractivity contribution in [1.82, 2.24) is 4.90 Å². The summed E-state index contributed by atoms with van der Waals surface area (Å²) < 4.78 is 11.1. The molecule has 5 aliphatic rings. The monoisotopic (exact) mass is 412 g/mol. The van der Waals surface area contributed by atoms with Crippen LogP contribution in [-0.4, -0.2) is 60.5 Å². The number of rotatable bonds is 3. The topological polar surface area (TPSA) is 88.1 Å². The van der Waals surface area contributed by atoms with Crippen LogP contribution in [0.15, 0.2) is 35.9 Å². The van der Waals surface area contributed by atoms with Gasteiger partial charge in [0.2, 0.25) is 0 Å². The molecular weight excluding hydrogens is 384 g/mol. The van der Waals surface area contributed by atoms with E-state index in [9.17, 15) is 14.7 Å². The maximum Gasteiger partial charge on any atom is 0.316 e.